The van der Waals surface area contributed by atoms with Crippen molar-refractivity contribution in [2.24, 2.45) is 0 Å². The van der Waals surface area contributed by atoms with Crippen molar-refractivity contribution in [2.75, 3.05) is 11.5 Å². The molecule has 4 aromatic rings. The number of hydrogen-bond acceptors (Lipinski definition) is 5. The summed E-state index contributed by atoms with van der Waals surface area (Å²) in [6.45, 7) is 0. The molecular weight excluding hydrogens is 364 g/mol. The van der Waals surface area contributed by atoms with Gasteiger partial charge in [-0.1, -0.05) is 24.3 Å². The Morgan fingerprint density at radius 1 is 0.552 bits per heavy atom. The fourth-order valence-corrected chi connectivity index (χ4v) is 3.19. The second kappa shape index (κ2) is 7.48. The third-order valence-corrected chi connectivity index (χ3v) is 4.57. The van der Waals surface area contributed by atoms with Crippen LogP contribution in [0.2, 0.25) is 0 Å². The number of nitrogen functional groups attached to an aromatic ring is 2. The van der Waals surface area contributed by atoms with E-state index in [0.29, 0.717) is 34.0 Å². The minimum atomic E-state index is 0.0775. The highest BCUT2D eigenvalue weighted by Gasteiger charge is 2.10. The summed E-state index contributed by atoms with van der Waals surface area (Å²) in [4.78, 5) is 0. The van der Waals surface area contributed by atoms with Gasteiger partial charge in [-0.25, -0.2) is 0 Å². The average Bonchev–Trinajstić information content (AvgIpc) is 2.68. The predicted molar refractivity (Wildman–Crippen MR) is 116 cm³/mol. The summed E-state index contributed by atoms with van der Waals surface area (Å²) in [6, 6.07) is 24.7. The standard InChI is InChI=1S/C24H20N2O3/c25-17-5-1-3-15(11-17)21-9-7-19(13-23(21)27)29-20-8-10-22(24(28)14-20)16-4-2-6-18(26)12-16/h1-14,27-28H,25-26H2. The zero-order valence-electron chi connectivity index (χ0n) is 15.5. The highest BCUT2D eigenvalue weighted by atomic mass is 16.5. The van der Waals surface area contributed by atoms with E-state index in [-0.39, 0.29) is 11.5 Å². The molecule has 0 aromatic heterocycles. The number of rotatable bonds is 4. The molecule has 0 saturated heterocycles. The third-order valence-electron chi connectivity index (χ3n) is 4.57. The molecule has 0 aliphatic rings. The van der Waals surface area contributed by atoms with Gasteiger partial charge in [-0.2, -0.15) is 0 Å². The number of ether oxygens (including phenoxy) is 1. The number of anilines is 2. The summed E-state index contributed by atoms with van der Waals surface area (Å²) in [5.74, 6) is 1.06. The first kappa shape index (κ1) is 18.3. The first-order valence-corrected chi connectivity index (χ1v) is 9.05. The molecule has 0 radical (unpaired) electrons. The molecular formula is C24H20N2O3. The van der Waals surface area contributed by atoms with Crippen molar-refractivity contribution in [3.8, 4) is 45.3 Å². The Balaban J connectivity index is 1.58. The summed E-state index contributed by atoms with van der Waals surface area (Å²) in [5.41, 5.74) is 15.8. The number of phenolic OH excluding ortho intramolecular Hbond substituents is 2. The van der Waals surface area contributed by atoms with Crippen LogP contribution in [0.5, 0.6) is 23.0 Å². The minimum absolute atomic E-state index is 0.0775. The lowest BCUT2D eigenvalue weighted by atomic mass is 10.0. The van der Waals surface area contributed by atoms with Gasteiger partial charge in [0.25, 0.3) is 0 Å². The largest absolute Gasteiger partial charge is 0.507 e. The molecule has 144 valence electrons. The zero-order chi connectivity index (χ0) is 20.4. The van der Waals surface area contributed by atoms with Crippen molar-refractivity contribution >= 4 is 11.4 Å². The van der Waals surface area contributed by atoms with E-state index in [1.165, 1.54) is 12.1 Å². The first-order chi connectivity index (χ1) is 14.0. The van der Waals surface area contributed by atoms with Crippen molar-refractivity contribution in [3.05, 3.63) is 84.9 Å². The molecule has 4 rings (SSSR count). The fraction of sp³-hybridized carbons (Fsp3) is 0. The van der Waals surface area contributed by atoms with Crippen LogP contribution < -0.4 is 16.2 Å². The highest BCUT2D eigenvalue weighted by molar-refractivity contribution is 5.75. The molecule has 0 bridgehead atoms. The molecule has 0 fully saturated rings. The van der Waals surface area contributed by atoms with Crippen molar-refractivity contribution in [1.29, 1.82) is 0 Å². The van der Waals surface area contributed by atoms with Crippen LogP contribution in [0.1, 0.15) is 0 Å². The molecule has 5 nitrogen and oxygen atoms in total. The second-order valence-electron chi connectivity index (χ2n) is 6.71. The number of nitrogens with two attached hydrogens (primary N) is 2. The summed E-state index contributed by atoms with van der Waals surface area (Å²) < 4.78 is 5.80. The van der Waals surface area contributed by atoms with Gasteiger partial charge in [0.05, 0.1) is 0 Å². The van der Waals surface area contributed by atoms with E-state index in [2.05, 4.69) is 0 Å². The predicted octanol–water partition coefficient (Wildman–Crippen LogP) is 5.39. The number of hydrogen-bond donors (Lipinski definition) is 4. The molecule has 29 heavy (non-hydrogen) atoms. The van der Waals surface area contributed by atoms with E-state index >= 15 is 0 Å². The molecule has 6 N–H and O–H groups in total. The van der Waals surface area contributed by atoms with Crippen LogP contribution >= 0.6 is 0 Å². The van der Waals surface area contributed by atoms with Crippen molar-refractivity contribution in [2.45, 2.75) is 0 Å². The average molecular weight is 384 g/mol. The van der Waals surface area contributed by atoms with Gasteiger partial charge in [-0.15, -0.1) is 0 Å². The zero-order valence-corrected chi connectivity index (χ0v) is 15.5. The molecule has 0 spiro atoms. The van der Waals surface area contributed by atoms with Crippen LogP contribution in [-0.4, -0.2) is 10.2 Å². The third kappa shape index (κ3) is 3.94. The number of aromatic hydroxyl groups is 2. The molecule has 0 aliphatic carbocycles. The van der Waals surface area contributed by atoms with Crippen molar-refractivity contribution < 1.29 is 14.9 Å². The monoisotopic (exact) mass is 384 g/mol. The second-order valence-corrected chi connectivity index (χ2v) is 6.71. The summed E-state index contributed by atoms with van der Waals surface area (Å²) in [6.07, 6.45) is 0. The number of phenols is 2. The maximum absolute atomic E-state index is 10.4. The number of benzene rings is 4. The molecule has 0 unspecified atom stereocenters. The molecule has 0 atom stereocenters. The summed E-state index contributed by atoms with van der Waals surface area (Å²) >= 11 is 0. The van der Waals surface area contributed by atoms with E-state index < -0.39 is 0 Å². The van der Waals surface area contributed by atoms with Crippen LogP contribution in [0.4, 0.5) is 11.4 Å². The van der Waals surface area contributed by atoms with Crippen LogP contribution in [-0.2, 0) is 0 Å². The van der Waals surface area contributed by atoms with Gasteiger partial charge < -0.3 is 26.4 Å². The lowest BCUT2D eigenvalue weighted by Gasteiger charge is -2.11. The smallest absolute Gasteiger partial charge is 0.131 e. The Morgan fingerprint density at radius 2 is 1.00 bits per heavy atom. The molecule has 5 heteroatoms. The van der Waals surface area contributed by atoms with Gasteiger partial charge in [-0.05, 0) is 59.7 Å². The Labute approximate surface area is 168 Å². The van der Waals surface area contributed by atoms with Gasteiger partial charge in [0, 0.05) is 34.6 Å². The molecule has 0 heterocycles. The summed E-state index contributed by atoms with van der Waals surface area (Å²) in [5, 5.41) is 20.8. The quantitative estimate of drug-likeness (QED) is 0.353. The van der Waals surface area contributed by atoms with Gasteiger partial charge in [0.1, 0.15) is 23.0 Å². The van der Waals surface area contributed by atoms with Gasteiger partial charge in [0.2, 0.25) is 0 Å². The van der Waals surface area contributed by atoms with Crippen LogP contribution in [0.3, 0.4) is 0 Å². The highest BCUT2D eigenvalue weighted by Crippen LogP contribution is 2.37. The van der Waals surface area contributed by atoms with Crippen LogP contribution in [0, 0.1) is 0 Å². The van der Waals surface area contributed by atoms with Gasteiger partial charge in [-0.3, -0.25) is 0 Å². The lowest BCUT2D eigenvalue weighted by Crippen LogP contribution is -1.89. The summed E-state index contributed by atoms with van der Waals surface area (Å²) in [7, 11) is 0. The van der Waals surface area contributed by atoms with E-state index in [4.69, 9.17) is 16.2 Å². The molecule has 4 aromatic carbocycles. The molecule has 0 amide bonds. The Morgan fingerprint density at radius 3 is 1.38 bits per heavy atom. The van der Waals surface area contributed by atoms with E-state index in [0.717, 1.165) is 11.1 Å². The maximum atomic E-state index is 10.4. The van der Waals surface area contributed by atoms with E-state index in [9.17, 15) is 10.2 Å². The molecule has 0 saturated carbocycles. The minimum Gasteiger partial charge on any atom is -0.507 e. The Hall–Kier alpha value is -4.12. The molecule has 0 aliphatic heterocycles. The van der Waals surface area contributed by atoms with E-state index in [1.54, 1.807) is 48.5 Å². The normalized spacial score (nSPS) is 10.6. The lowest BCUT2D eigenvalue weighted by molar-refractivity contribution is 0.447. The van der Waals surface area contributed by atoms with Gasteiger partial charge >= 0.3 is 0 Å². The maximum Gasteiger partial charge on any atom is 0.131 e. The van der Waals surface area contributed by atoms with Crippen molar-refractivity contribution in [3.63, 3.8) is 0 Å². The van der Waals surface area contributed by atoms with Crippen LogP contribution in [0.15, 0.2) is 84.9 Å². The SMILES string of the molecule is Nc1cccc(-c2ccc(Oc3ccc(-c4cccc(N)c4)c(O)c3)cc2O)c1. The van der Waals surface area contributed by atoms with Gasteiger partial charge in [0.15, 0.2) is 0 Å². The topological polar surface area (TPSA) is 102 Å². The van der Waals surface area contributed by atoms with Crippen molar-refractivity contribution in [1.82, 2.24) is 0 Å². The van der Waals surface area contributed by atoms with E-state index in [1.807, 2.05) is 24.3 Å². The first-order valence-electron chi connectivity index (χ1n) is 9.05. The Kier molecular flexibility index (Phi) is 4.71. The van der Waals surface area contributed by atoms with Crippen LogP contribution in [0.25, 0.3) is 22.3 Å². The Bertz CT molecular complexity index is 1100. The fourth-order valence-electron chi connectivity index (χ4n) is 3.19.